The van der Waals surface area contributed by atoms with Gasteiger partial charge < -0.3 is 29.6 Å². The number of nitrogens with zero attached hydrogens (tertiary/aromatic N) is 2. The Morgan fingerprint density at radius 2 is 0.854 bits per heavy atom. The van der Waals surface area contributed by atoms with Gasteiger partial charge in [0.15, 0.2) is 5.05 Å². The molecule has 2 N–H and O–H groups in total. The lowest BCUT2D eigenvalue weighted by molar-refractivity contribution is -0.172. The summed E-state index contributed by atoms with van der Waals surface area (Å²) in [4.78, 5) is 83.7. The molecule has 0 unspecified atom stereocenters. The number of benzene rings is 4. The van der Waals surface area contributed by atoms with Gasteiger partial charge in [0.25, 0.3) is 11.8 Å². The van der Waals surface area contributed by atoms with E-state index in [9.17, 15) is 28.8 Å². The molecule has 10 rings (SSSR count). The van der Waals surface area contributed by atoms with E-state index in [1.807, 2.05) is 54.6 Å². The summed E-state index contributed by atoms with van der Waals surface area (Å²) in [6.07, 6.45) is 23.7. The standard InChI is InChI=1S/C34H44N2O6.C33H40N2O4S/c1-40-25-19-26(41-2)21-27(20-25)42-22-23-15-17-24(18-16-23)32(37)35-30-13-9-5-3-7-11-28(30)33(38)36-31-14-10-6-4-8-12-29(31)34(36)39;36-30(24-20-18-23(19-21-24)22-39-33(40)25-12-6-5-7-13-25)34-28-16-10-3-1-8-14-26(28)31(37)35-29-17-11-4-2-9-15-27(29)32(35)38/h15-21,28-31H,3-14,22H2,1-2H3,(H,35,37);5-7,12-13,18-21,26-29H,1-4,8-11,14-17,22H2,(H,34,36)/t28-,29-,30+,31+;26-,27-,28+,29+/m11/s1. The van der Waals surface area contributed by atoms with E-state index in [2.05, 4.69) is 10.6 Å². The number of hydrogen-bond donors (Lipinski definition) is 2. The van der Waals surface area contributed by atoms with Gasteiger partial charge in [-0.2, -0.15) is 0 Å². The van der Waals surface area contributed by atoms with Gasteiger partial charge in [0, 0.05) is 47.0 Å². The second-order valence-corrected chi connectivity index (χ2v) is 23.8. The number of β-lactam (4-membered cyclic amide) rings is 2. The molecule has 4 aliphatic carbocycles. The van der Waals surface area contributed by atoms with Crippen LogP contribution in [0.15, 0.2) is 97.1 Å². The van der Waals surface area contributed by atoms with Crippen molar-refractivity contribution in [1.29, 1.82) is 0 Å². The van der Waals surface area contributed by atoms with Gasteiger partial charge in [0.2, 0.25) is 23.6 Å². The van der Waals surface area contributed by atoms with Gasteiger partial charge in [0.05, 0.1) is 50.0 Å². The molecule has 4 aromatic rings. The maximum absolute atomic E-state index is 13.9. The summed E-state index contributed by atoms with van der Waals surface area (Å²) in [6.45, 7) is 0.643. The minimum Gasteiger partial charge on any atom is -0.496 e. The third-order valence-electron chi connectivity index (χ3n) is 18.0. The SMILES string of the molecule is COc1cc(OC)cc(OCc2ccc(C(=O)N[C@H]3CCCCCC[C@H]3C(=O)N3C(=O)[C@@H]4CCCCCC[C@@H]43)cc2)c1.O=C(N[C@H]1CCCCCC[C@H]1C(=O)N1C(=O)[C@@H]2CCCCCC[C@@H]21)c1ccc(COC(=S)c2ccccc2)cc1. The third-order valence-corrected chi connectivity index (χ3v) is 18.4. The predicted octanol–water partition coefficient (Wildman–Crippen LogP) is 12.4. The third kappa shape index (κ3) is 15.1. The Hall–Kier alpha value is -6.61. The van der Waals surface area contributed by atoms with E-state index in [1.54, 1.807) is 66.5 Å². The summed E-state index contributed by atoms with van der Waals surface area (Å²) < 4.78 is 22.3. The van der Waals surface area contributed by atoms with Gasteiger partial charge in [0.1, 0.15) is 30.5 Å². The van der Waals surface area contributed by atoms with Crippen LogP contribution >= 0.6 is 12.2 Å². The summed E-state index contributed by atoms with van der Waals surface area (Å²) in [6, 6.07) is 29.2. The lowest BCUT2D eigenvalue weighted by Gasteiger charge is -2.49. The summed E-state index contributed by atoms with van der Waals surface area (Å²) in [5, 5.41) is 6.82. The number of hydrogen-bond acceptors (Lipinski definition) is 11. The highest BCUT2D eigenvalue weighted by Gasteiger charge is 2.53. The number of rotatable bonds is 14. The minimum atomic E-state index is -0.364. The average molecular weight is 1140 g/mol. The Bertz CT molecular complexity index is 2800. The molecule has 0 aromatic heterocycles. The first kappa shape index (κ1) is 60.0. The van der Waals surface area contributed by atoms with Crippen LogP contribution in [0.25, 0.3) is 0 Å². The van der Waals surface area contributed by atoms with Gasteiger partial charge in [-0.1, -0.05) is 157 Å². The lowest BCUT2D eigenvalue weighted by atomic mass is 9.76. The molecule has 15 heteroatoms. The molecule has 438 valence electrons. The maximum Gasteiger partial charge on any atom is 0.251 e. The number of ether oxygens (including phenoxy) is 4. The molecule has 6 aliphatic rings. The fraction of sp³-hybridized carbons (Fsp3) is 0.537. The van der Waals surface area contributed by atoms with Crippen LogP contribution in [0.1, 0.15) is 192 Å². The highest BCUT2D eigenvalue weighted by molar-refractivity contribution is 7.80. The van der Waals surface area contributed by atoms with Crippen LogP contribution in [0.4, 0.5) is 0 Å². The average Bonchev–Trinajstić information content (AvgIpc) is 2.60. The van der Waals surface area contributed by atoms with Crippen LogP contribution in [-0.2, 0) is 37.1 Å². The van der Waals surface area contributed by atoms with E-state index in [0.717, 1.165) is 132 Å². The first-order chi connectivity index (χ1) is 40.0. The molecule has 14 nitrogen and oxygen atoms in total. The van der Waals surface area contributed by atoms with Crippen molar-refractivity contribution in [2.45, 2.75) is 191 Å². The molecule has 2 aliphatic heterocycles. The van der Waals surface area contributed by atoms with E-state index in [-0.39, 0.29) is 83.3 Å². The van der Waals surface area contributed by atoms with E-state index in [4.69, 9.17) is 31.2 Å². The van der Waals surface area contributed by atoms with Crippen molar-refractivity contribution < 1.29 is 47.7 Å². The predicted molar refractivity (Wildman–Crippen MR) is 318 cm³/mol. The van der Waals surface area contributed by atoms with Crippen molar-refractivity contribution >= 4 is 52.7 Å². The Labute approximate surface area is 490 Å². The zero-order valence-electron chi connectivity index (χ0n) is 48.1. The molecule has 2 heterocycles. The second kappa shape index (κ2) is 29.6. The van der Waals surface area contributed by atoms with E-state index >= 15 is 0 Å². The number of fused-ring (bicyclic) bond motifs is 2. The molecular weight excluding hydrogens is 1050 g/mol. The fourth-order valence-corrected chi connectivity index (χ4v) is 13.5. The normalized spacial score (nSPS) is 24.9. The second-order valence-electron chi connectivity index (χ2n) is 23.5. The minimum absolute atomic E-state index is 0.00392. The van der Waals surface area contributed by atoms with Crippen LogP contribution in [0, 0.1) is 23.7 Å². The molecule has 2 saturated heterocycles. The Kier molecular flexibility index (Phi) is 21.6. The number of imide groups is 2. The van der Waals surface area contributed by atoms with Crippen molar-refractivity contribution in [2.24, 2.45) is 23.7 Å². The Morgan fingerprint density at radius 3 is 1.29 bits per heavy atom. The summed E-state index contributed by atoms with van der Waals surface area (Å²) >= 11 is 5.38. The molecule has 0 bridgehead atoms. The van der Waals surface area contributed by atoms with Crippen molar-refractivity contribution in [3.8, 4) is 17.2 Å². The highest BCUT2D eigenvalue weighted by atomic mass is 32.1. The summed E-state index contributed by atoms with van der Waals surface area (Å²) in [7, 11) is 3.19. The van der Waals surface area contributed by atoms with Crippen molar-refractivity contribution in [3.05, 3.63) is 125 Å². The molecule has 6 amide bonds. The lowest BCUT2D eigenvalue weighted by Crippen LogP contribution is -2.65. The van der Waals surface area contributed by atoms with Crippen molar-refractivity contribution in [3.63, 3.8) is 0 Å². The number of likely N-dealkylation sites (tertiary alicyclic amines) is 2. The number of nitrogens with one attached hydrogen (secondary N) is 2. The van der Waals surface area contributed by atoms with Gasteiger partial charge >= 0.3 is 0 Å². The first-order valence-electron chi connectivity index (χ1n) is 30.6. The van der Waals surface area contributed by atoms with Gasteiger partial charge in [-0.05, 0) is 99.0 Å². The van der Waals surface area contributed by atoms with Crippen LogP contribution in [0.2, 0.25) is 0 Å². The molecule has 4 aromatic carbocycles. The van der Waals surface area contributed by atoms with Crippen LogP contribution in [0.5, 0.6) is 17.2 Å². The molecule has 0 spiro atoms. The molecule has 82 heavy (non-hydrogen) atoms. The van der Waals surface area contributed by atoms with Crippen molar-refractivity contribution in [2.75, 3.05) is 14.2 Å². The van der Waals surface area contributed by atoms with Gasteiger partial charge in [-0.3, -0.25) is 38.6 Å². The topological polar surface area (TPSA) is 170 Å². The monoisotopic (exact) mass is 1140 g/mol. The Balaban J connectivity index is 0.000000198. The zero-order valence-corrected chi connectivity index (χ0v) is 48.9. The fourth-order valence-electron chi connectivity index (χ4n) is 13.3. The maximum atomic E-state index is 13.9. The Morgan fingerprint density at radius 1 is 0.463 bits per heavy atom. The number of methoxy groups -OCH3 is 2. The first-order valence-corrected chi connectivity index (χ1v) is 31.0. The van der Waals surface area contributed by atoms with Crippen LogP contribution in [0.3, 0.4) is 0 Å². The van der Waals surface area contributed by atoms with Crippen LogP contribution in [-0.4, -0.2) is 88.7 Å². The summed E-state index contributed by atoms with van der Waals surface area (Å²) in [5.41, 5.74) is 3.77. The number of carbonyl (C=O) groups excluding carboxylic acids is 6. The smallest absolute Gasteiger partial charge is 0.251 e. The molecular formula is C67H84N4O10S. The zero-order chi connectivity index (χ0) is 57.4. The van der Waals surface area contributed by atoms with Crippen LogP contribution < -0.4 is 24.8 Å². The van der Waals surface area contributed by atoms with E-state index in [1.165, 1.54) is 25.7 Å². The van der Waals surface area contributed by atoms with Crippen molar-refractivity contribution in [1.82, 2.24) is 20.4 Å². The molecule has 4 saturated carbocycles. The van der Waals surface area contributed by atoms with E-state index in [0.29, 0.717) is 59.5 Å². The number of amides is 6. The van der Waals surface area contributed by atoms with Gasteiger partial charge in [-0.15, -0.1) is 0 Å². The largest absolute Gasteiger partial charge is 0.496 e. The van der Waals surface area contributed by atoms with Gasteiger partial charge in [-0.25, -0.2) is 0 Å². The highest BCUT2D eigenvalue weighted by Crippen LogP contribution is 2.41. The molecule has 0 radical (unpaired) electrons. The summed E-state index contributed by atoms with van der Waals surface area (Å²) in [5.74, 6) is 0.698. The quantitative estimate of drug-likeness (QED) is 0.0700. The number of thiocarbonyl (C=S) groups is 1. The molecule has 8 atom stereocenters. The number of carbonyl (C=O) groups is 6. The molecule has 6 fully saturated rings. The van der Waals surface area contributed by atoms with E-state index < -0.39 is 0 Å².